The van der Waals surface area contributed by atoms with Crippen molar-refractivity contribution in [1.82, 2.24) is 0 Å². The van der Waals surface area contributed by atoms with Crippen molar-refractivity contribution < 1.29 is 4.12 Å². The first-order valence-electron chi connectivity index (χ1n) is 4.77. The molecular formula is C9H16N2OSi2. The van der Waals surface area contributed by atoms with Gasteiger partial charge in [-0.2, -0.15) is 10.5 Å². The molecule has 0 unspecified atom stereocenters. The molecule has 1 aliphatic heterocycles. The van der Waals surface area contributed by atoms with Crippen molar-refractivity contribution in [3.05, 3.63) is 0 Å². The molecular weight excluding hydrogens is 208 g/mol. The first kappa shape index (κ1) is 11.4. The Morgan fingerprint density at radius 1 is 1.00 bits per heavy atom. The van der Waals surface area contributed by atoms with Crippen LogP contribution in [0.15, 0.2) is 0 Å². The van der Waals surface area contributed by atoms with Crippen LogP contribution in [0.1, 0.15) is 0 Å². The lowest BCUT2D eigenvalue weighted by molar-refractivity contribution is 0.447. The van der Waals surface area contributed by atoms with Crippen molar-refractivity contribution in [3.8, 4) is 12.1 Å². The second-order valence-electron chi connectivity index (χ2n) is 5.28. The van der Waals surface area contributed by atoms with E-state index in [-0.39, 0.29) is 0 Å². The minimum atomic E-state index is -1.79. The average molecular weight is 224 g/mol. The SMILES string of the molecule is C[Si]1(C)CC(C#N)(C#N)C[Si](C)(C)O1. The molecule has 0 aromatic carbocycles. The van der Waals surface area contributed by atoms with Gasteiger partial charge < -0.3 is 4.12 Å². The number of hydrogen-bond acceptors (Lipinski definition) is 3. The zero-order chi connectivity index (χ0) is 11.0. The quantitative estimate of drug-likeness (QED) is 0.594. The summed E-state index contributed by atoms with van der Waals surface area (Å²) in [4.78, 5) is 0. The normalized spacial score (nSPS) is 27.3. The van der Waals surface area contributed by atoms with E-state index in [1.54, 1.807) is 0 Å². The topological polar surface area (TPSA) is 56.8 Å². The van der Waals surface area contributed by atoms with Gasteiger partial charge >= 0.3 is 0 Å². The fourth-order valence-electron chi connectivity index (χ4n) is 2.52. The van der Waals surface area contributed by atoms with Gasteiger partial charge in [-0.05, 0) is 38.3 Å². The summed E-state index contributed by atoms with van der Waals surface area (Å²) in [5.74, 6) is 0. The van der Waals surface area contributed by atoms with E-state index < -0.39 is 22.0 Å². The highest BCUT2D eigenvalue weighted by atomic mass is 28.4. The third-order valence-corrected chi connectivity index (χ3v) is 9.77. The fourth-order valence-corrected chi connectivity index (χ4v) is 12.8. The molecule has 0 aromatic heterocycles. The Morgan fingerprint density at radius 2 is 1.36 bits per heavy atom. The standard InChI is InChI=1S/C9H16N2OSi2/c1-13(2)7-9(5-10,6-11)8-14(3,4)12-13/h7-8H2,1-4H3. The number of nitriles is 2. The zero-order valence-electron chi connectivity index (χ0n) is 9.22. The Morgan fingerprint density at radius 3 is 1.64 bits per heavy atom. The Balaban J connectivity index is 3.05. The van der Waals surface area contributed by atoms with Crippen LogP contribution in [0.3, 0.4) is 0 Å². The van der Waals surface area contributed by atoms with Crippen LogP contribution in [-0.2, 0) is 4.12 Å². The highest BCUT2D eigenvalue weighted by Gasteiger charge is 2.51. The van der Waals surface area contributed by atoms with Crippen LogP contribution in [0.4, 0.5) is 0 Å². The molecule has 0 N–H and O–H groups in total. The van der Waals surface area contributed by atoms with Crippen molar-refractivity contribution >= 4 is 16.6 Å². The van der Waals surface area contributed by atoms with E-state index in [1.165, 1.54) is 0 Å². The molecule has 76 valence electrons. The second-order valence-corrected chi connectivity index (χ2v) is 13.8. The first-order chi connectivity index (χ1) is 6.24. The van der Waals surface area contributed by atoms with E-state index in [1.807, 2.05) is 0 Å². The summed E-state index contributed by atoms with van der Waals surface area (Å²) >= 11 is 0. The van der Waals surface area contributed by atoms with Crippen molar-refractivity contribution in [2.24, 2.45) is 5.41 Å². The smallest absolute Gasteiger partial charge is 0.176 e. The summed E-state index contributed by atoms with van der Waals surface area (Å²) in [7, 11) is -3.57. The van der Waals surface area contributed by atoms with E-state index >= 15 is 0 Å². The Kier molecular flexibility index (Phi) is 2.61. The van der Waals surface area contributed by atoms with Crippen LogP contribution in [-0.4, -0.2) is 16.6 Å². The van der Waals surface area contributed by atoms with Gasteiger partial charge in [0.1, 0.15) is 5.41 Å². The summed E-state index contributed by atoms with van der Waals surface area (Å²) in [5.41, 5.74) is -0.760. The molecule has 1 rings (SSSR count). The van der Waals surface area contributed by atoms with E-state index in [0.717, 1.165) is 0 Å². The molecule has 0 saturated carbocycles. The monoisotopic (exact) mass is 224 g/mol. The lowest BCUT2D eigenvalue weighted by Gasteiger charge is -2.44. The maximum atomic E-state index is 9.12. The van der Waals surface area contributed by atoms with Gasteiger partial charge in [0.15, 0.2) is 16.6 Å². The van der Waals surface area contributed by atoms with Gasteiger partial charge in [0, 0.05) is 0 Å². The van der Waals surface area contributed by atoms with E-state index in [2.05, 4.69) is 38.3 Å². The summed E-state index contributed by atoms with van der Waals surface area (Å²) in [6.07, 6.45) is 0. The first-order valence-corrected chi connectivity index (χ1v) is 11.0. The summed E-state index contributed by atoms with van der Waals surface area (Å²) in [5, 5.41) is 18.2. The number of rotatable bonds is 0. The molecule has 1 saturated heterocycles. The molecule has 1 aliphatic rings. The van der Waals surface area contributed by atoms with Gasteiger partial charge in [-0.25, -0.2) is 0 Å². The number of hydrogen-bond donors (Lipinski definition) is 0. The van der Waals surface area contributed by atoms with Gasteiger partial charge in [0.25, 0.3) is 0 Å². The molecule has 0 spiro atoms. The summed E-state index contributed by atoms with van der Waals surface area (Å²) in [6.45, 7) is 8.41. The average Bonchev–Trinajstić information content (AvgIpc) is 1.98. The molecule has 0 bridgehead atoms. The van der Waals surface area contributed by atoms with Gasteiger partial charge in [-0.1, -0.05) is 0 Å². The second kappa shape index (κ2) is 3.20. The Labute approximate surface area is 87.6 Å². The third kappa shape index (κ3) is 2.24. The van der Waals surface area contributed by atoms with E-state index in [9.17, 15) is 0 Å². The Bertz CT molecular complexity index is 293. The molecule has 1 heterocycles. The van der Waals surface area contributed by atoms with Crippen molar-refractivity contribution in [1.29, 1.82) is 10.5 Å². The predicted molar refractivity (Wildman–Crippen MR) is 59.3 cm³/mol. The molecule has 3 nitrogen and oxygen atoms in total. The molecule has 1 fully saturated rings. The minimum Gasteiger partial charge on any atom is -0.455 e. The highest BCUT2D eigenvalue weighted by Crippen LogP contribution is 2.43. The van der Waals surface area contributed by atoms with Crippen LogP contribution in [0.25, 0.3) is 0 Å². The minimum absolute atomic E-state index is 0.656. The molecule has 0 amide bonds. The van der Waals surface area contributed by atoms with Crippen LogP contribution < -0.4 is 0 Å². The van der Waals surface area contributed by atoms with Crippen LogP contribution in [0.2, 0.25) is 38.3 Å². The third-order valence-electron chi connectivity index (χ3n) is 2.44. The molecule has 0 aromatic rings. The predicted octanol–water partition coefficient (Wildman–Crippen LogP) is 2.46. The van der Waals surface area contributed by atoms with Crippen LogP contribution in [0, 0.1) is 28.1 Å². The zero-order valence-corrected chi connectivity index (χ0v) is 11.2. The molecule has 0 radical (unpaired) electrons. The van der Waals surface area contributed by atoms with Crippen molar-refractivity contribution in [3.63, 3.8) is 0 Å². The summed E-state index contributed by atoms with van der Waals surface area (Å²) < 4.78 is 6.10. The molecule has 0 atom stereocenters. The van der Waals surface area contributed by atoms with Crippen LogP contribution >= 0.6 is 0 Å². The van der Waals surface area contributed by atoms with Gasteiger partial charge in [-0.3, -0.25) is 0 Å². The molecule has 0 aliphatic carbocycles. The van der Waals surface area contributed by atoms with Gasteiger partial charge in [0.05, 0.1) is 12.1 Å². The highest BCUT2D eigenvalue weighted by molar-refractivity contribution is 6.86. The maximum Gasteiger partial charge on any atom is 0.176 e. The van der Waals surface area contributed by atoms with Gasteiger partial charge in [0.2, 0.25) is 0 Å². The Hall–Kier alpha value is -0.626. The van der Waals surface area contributed by atoms with Crippen molar-refractivity contribution in [2.45, 2.75) is 38.3 Å². The largest absolute Gasteiger partial charge is 0.455 e. The lowest BCUT2D eigenvalue weighted by atomic mass is 9.98. The van der Waals surface area contributed by atoms with E-state index in [0.29, 0.717) is 12.1 Å². The summed E-state index contributed by atoms with van der Waals surface area (Å²) in [6, 6.07) is 5.73. The fraction of sp³-hybridized carbons (Fsp3) is 0.778. The van der Waals surface area contributed by atoms with Crippen LogP contribution in [0.5, 0.6) is 0 Å². The molecule has 5 heteroatoms. The van der Waals surface area contributed by atoms with Gasteiger partial charge in [-0.15, -0.1) is 0 Å². The molecule has 14 heavy (non-hydrogen) atoms. The maximum absolute atomic E-state index is 9.12. The number of nitrogens with zero attached hydrogens (tertiary/aromatic N) is 2. The lowest BCUT2D eigenvalue weighted by Crippen LogP contribution is -2.54. The van der Waals surface area contributed by atoms with Crippen molar-refractivity contribution in [2.75, 3.05) is 0 Å². The van der Waals surface area contributed by atoms with E-state index in [4.69, 9.17) is 14.6 Å².